The van der Waals surface area contributed by atoms with Gasteiger partial charge >= 0.3 is 6.03 Å². The highest BCUT2D eigenvalue weighted by Gasteiger charge is 2.50. The molecule has 1 spiro atoms. The molecule has 2 rings (SSSR count). The SMILES string of the molecule is O=C1NC2(CCCCC2)C(=O)N1CCCN(CCCl)CCCl. The molecule has 1 saturated carbocycles. The number of hydrogen-bond donors (Lipinski definition) is 1. The molecule has 1 saturated heterocycles. The van der Waals surface area contributed by atoms with Crippen molar-refractivity contribution in [3.63, 3.8) is 0 Å². The summed E-state index contributed by atoms with van der Waals surface area (Å²) < 4.78 is 0. The third kappa shape index (κ3) is 4.06. The zero-order valence-electron chi connectivity index (χ0n) is 13.0. The van der Waals surface area contributed by atoms with Crippen molar-refractivity contribution >= 4 is 35.1 Å². The van der Waals surface area contributed by atoms with Crippen molar-refractivity contribution in [3.05, 3.63) is 0 Å². The predicted molar refractivity (Wildman–Crippen MR) is 88.6 cm³/mol. The molecule has 2 aliphatic rings. The van der Waals surface area contributed by atoms with E-state index >= 15 is 0 Å². The third-order valence-corrected chi connectivity index (χ3v) is 4.95. The van der Waals surface area contributed by atoms with E-state index in [0.29, 0.717) is 18.3 Å². The summed E-state index contributed by atoms with van der Waals surface area (Å²) in [4.78, 5) is 28.3. The van der Waals surface area contributed by atoms with E-state index < -0.39 is 5.54 Å². The number of carbonyl (C=O) groups excluding carboxylic acids is 2. The molecule has 22 heavy (non-hydrogen) atoms. The molecule has 1 aliphatic heterocycles. The van der Waals surface area contributed by atoms with Crippen LogP contribution in [-0.2, 0) is 4.79 Å². The standard InChI is InChI=1S/C15H25Cl2N3O2/c16-7-11-19(12-8-17)9-4-10-20-13(21)15(18-14(20)22)5-2-1-3-6-15/h1-12H2,(H,18,22). The van der Waals surface area contributed by atoms with Crippen LogP contribution in [0.15, 0.2) is 0 Å². The molecular formula is C15H25Cl2N3O2. The van der Waals surface area contributed by atoms with Crippen LogP contribution in [0.25, 0.3) is 0 Å². The molecule has 0 unspecified atom stereocenters. The molecule has 0 aromatic heterocycles. The lowest BCUT2D eigenvalue weighted by molar-refractivity contribution is -0.132. The molecule has 1 heterocycles. The number of imide groups is 1. The van der Waals surface area contributed by atoms with Crippen LogP contribution in [0.1, 0.15) is 38.5 Å². The smallest absolute Gasteiger partial charge is 0.323 e. The second kappa shape index (κ2) is 8.37. The van der Waals surface area contributed by atoms with Crippen molar-refractivity contribution in [2.24, 2.45) is 0 Å². The molecule has 2 fully saturated rings. The molecule has 1 N–H and O–H groups in total. The maximum absolute atomic E-state index is 12.6. The third-order valence-electron chi connectivity index (χ3n) is 4.61. The topological polar surface area (TPSA) is 52.7 Å². The van der Waals surface area contributed by atoms with Gasteiger partial charge in [-0.1, -0.05) is 19.3 Å². The molecule has 3 amide bonds. The Bertz CT molecular complexity index is 394. The Hall–Kier alpha value is -0.520. The van der Waals surface area contributed by atoms with Gasteiger partial charge in [0.1, 0.15) is 5.54 Å². The summed E-state index contributed by atoms with van der Waals surface area (Å²) in [7, 11) is 0. The van der Waals surface area contributed by atoms with Gasteiger partial charge < -0.3 is 10.2 Å². The number of amides is 3. The minimum atomic E-state index is -0.610. The van der Waals surface area contributed by atoms with Gasteiger partial charge in [0.25, 0.3) is 5.91 Å². The number of hydrogen-bond acceptors (Lipinski definition) is 3. The molecule has 126 valence electrons. The van der Waals surface area contributed by atoms with Crippen LogP contribution >= 0.6 is 23.2 Å². The summed E-state index contributed by atoms with van der Waals surface area (Å²) in [6, 6.07) is -0.229. The van der Waals surface area contributed by atoms with Gasteiger partial charge in [0.15, 0.2) is 0 Å². The predicted octanol–water partition coefficient (Wildman–Crippen LogP) is 2.41. The van der Waals surface area contributed by atoms with Crippen molar-refractivity contribution in [2.75, 3.05) is 37.9 Å². The summed E-state index contributed by atoms with van der Waals surface area (Å²) in [5.74, 6) is 1.09. The van der Waals surface area contributed by atoms with Crippen LogP contribution in [0.5, 0.6) is 0 Å². The molecule has 0 aromatic carbocycles. The van der Waals surface area contributed by atoms with Gasteiger partial charge in [-0.2, -0.15) is 0 Å². The number of rotatable bonds is 8. The minimum Gasteiger partial charge on any atom is -0.323 e. The van der Waals surface area contributed by atoms with Crippen molar-refractivity contribution in [1.29, 1.82) is 0 Å². The number of carbonyl (C=O) groups is 2. The second-order valence-electron chi connectivity index (χ2n) is 6.10. The lowest BCUT2D eigenvalue weighted by Crippen LogP contribution is -2.48. The average Bonchev–Trinajstić information content (AvgIpc) is 2.72. The van der Waals surface area contributed by atoms with Gasteiger partial charge in [-0.3, -0.25) is 9.69 Å². The van der Waals surface area contributed by atoms with Crippen molar-refractivity contribution in [2.45, 2.75) is 44.1 Å². The molecule has 1 aliphatic carbocycles. The Morgan fingerprint density at radius 2 is 1.68 bits per heavy atom. The van der Waals surface area contributed by atoms with Crippen LogP contribution in [0, 0.1) is 0 Å². The van der Waals surface area contributed by atoms with E-state index in [2.05, 4.69) is 10.2 Å². The zero-order chi connectivity index (χ0) is 16.0. The molecular weight excluding hydrogens is 325 g/mol. The highest BCUT2D eigenvalue weighted by Crippen LogP contribution is 2.33. The summed E-state index contributed by atoms with van der Waals surface area (Å²) in [6.07, 6.45) is 5.48. The van der Waals surface area contributed by atoms with Crippen molar-refractivity contribution in [3.8, 4) is 0 Å². The van der Waals surface area contributed by atoms with E-state index in [1.54, 1.807) is 0 Å². The number of nitrogens with one attached hydrogen (secondary N) is 1. The Morgan fingerprint density at radius 1 is 1.05 bits per heavy atom. The summed E-state index contributed by atoms with van der Waals surface area (Å²) in [5, 5.41) is 2.94. The summed E-state index contributed by atoms with van der Waals surface area (Å²) in [5.41, 5.74) is -0.610. The average molecular weight is 350 g/mol. The van der Waals surface area contributed by atoms with E-state index in [-0.39, 0.29) is 11.9 Å². The number of halogens is 2. The summed E-state index contributed by atoms with van der Waals surface area (Å²) in [6.45, 7) is 2.81. The van der Waals surface area contributed by atoms with Crippen molar-refractivity contribution in [1.82, 2.24) is 15.1 Å². The lowest BCUT2D eigenvalue weighted by atomic mass is 9.82. The van der Waals surface area contributed by atoms with Crippen LogP contribution in [-0.4, -0.2) is 65.2 Å². The normalized spacial score (nSPS) is 21.0. The van der Waals surface area contributed by atoms with Gasteiger partial charge in [-0.05, 0) is 25.8 Å². The largest absolute Gasteiger partial charge is 0.325 e. The maximum atomic E-state index is 12.6. The van der Waals surface area contributed by atoms with Gasteiger partial charge in [-0.15, -0.1) is 23.2 Å². The molecule has 5 nitrogen and oxygen atoms in total. The number of alkyl halides is 2. The molecule has 7 heteroatoms. The van der Waals surface area contributed by atoms with Gasteiger partial charge in [0.2, 0.25) is 0 Å². The first-order valence-corrected chi connectivity index (χ1v) is 9.18. The Kier molecular flexibility index (Phi) is 6.78. The van der Waals surface area contributed by atoms with E-state index in [0.717, 1.165) is 58.2 Å². The second-order valence-corrected chi connectivity index (χ2v) is 6.86. The van der Waals surface area contributed by atoms with Crippen LogP contribution in [0.2, 0.25) is 0 Å². The molecule has 0 atom stereocenters. The summed E-state index contributed by atoms with van der Waals surface area (Å²) >= 11 is 11.5. The first-order valence-electron chi connectivity index (χ1n) is 8.11. The van der Waals surface area contributed by atoms with E-state index in [1.807, 2.05) is 0 Å². The Morgan fingerprint density at radius 3 is 2.27 bits per heavy atom. The maximum Gasteiger partial charge on any atom is 0.325 e. The number of nitrogens with zero attached hydrogens (tertiary/aromatic N) is 2. The Balaban J connectivity index is 1.84. The van der Waals surface area contributed by atoms with Crippen LogP contribution < -0.4 is 5.32 Å². The van der Waals surface area contributed by atoms with Crippen molar-refractivity contribution < 1.29 is 9.59 Å². The fraction of sp³-hybridized carbons (Fsp3) is 0.867. The molecule has 0 radical (unpaired) electrons. The van der Waals surface area contributed by atoms with E-state index in [1.165, 1.54) is 4.90 Å². The quantitative estimate of drug-likeness (QED) is 0.540. The van der Waals surface area contributed by atoms with Gasteiger partial charge in [0.05, 0.1) is 0 Å². The monoisotopic (exact) mass is 349 g/mol. The van der Waals surface area contributed by atoms with Gasteiger partial charge in [-0.25, -0.2) is 4.79 Å². The first-order chi connectivity index (χ1) is 10.6. The first kappa shape index (κ1) is 17.8. The van der Waals surface area contributed by atoms with Crippen LogP contribution in [0.3, 0.4) is 0 Å². The Labute approximate surface area is 142 Å². The fourth-order valence-electron chi connectivity index (χ4n) is 3.40. The van der Waals surface area contributed by atoms with E-state index in [4.69, 9.17) is 23.2 Å². The van der Waals surface area contributed by atoms with E-state index in [9.17, 15) is 9.59 Å². The highest BCUT2D eigenvalue weighted by molar-refractivity contribution is 6.18. The fourth-order valence-corrected chi connectivity index (χ4v) is 3.88. The molecule has 0 bridgehead atoms. The molecule has 0 aromatic rings. The minimum absolute atomic E-state index is 0.0292. The highest BCUT2D eigenvalue weighted by atomic mass is 35.5. The zero-order valence-corrected chi connectivity index (χ0v) is 14.5. The number of urea groups is 1. The lowest BCUT2D eigenvalue weighted by Gasteiger charge is -2.30. The van der Waals surface area contributed by atoms with Crippen LogP contribution in [0.4, 0.5) is 4.79 Å². The van der Waals surface area contributed by atoms with Gasteiger partial charge in [0, 0.05) is 31.4 Å².